The Morgan fingerprint density at radius 3 is 3.00 bits per heavy atom. The van der Waals surface area contributed by atoms with Gasteiger partial charge in [0, 0.05) is 6.54 Å². The fourth-order valence-corrected chi connectivity index (χ4v) is 1.00. The highest BCUT2D eigenvalue weighted by molar-refractivity contribution is 4.95. The Hall–Kier alpha value is -0.380. The van der Waals surface area contributed by atoms with Crippen LogP contribution in [0.5, 0.6) is 0 Å². The third-order valence-corrected chi connectivity index (χ3v) is 1.76. The number of hydrogen-bond acceptors (Lipinski definition) is 3. The van der Waals surface area contributed by atoms with Gasteiger partial charge >= 0.3 is 0 Å². The lowest BCUT2D eigenvalue weighted by Crippen LogP contribution is -2.22. The number of β-amino-alcohol motifs (C(OH)–C–C–N with tert-alkyl or cyclic N) is 1. The minimum atomic E-state index is -0.320. The molecule has 1 N–H and O–H groups in total. The summed E-state index contributed by atoms with van der Waals surface area (Å²) in [5.41, 5.74) is 1.14. The molecule has 1 heterocycles. The number of aliphatic hydroxyl groups excluding tert-OH is 1. The van der Waals surface area contributed by atoms with Crippen LogP contribution < -0.4 is 0 Å². The second-order valence-corrected chi connectivity index (χ2v) is 2.88. The first kappa shape index (κ1) is 8.71. The topological polar surface area (TPSA) is 32.7 Å². The molecule has 1 unspecified atom stereocenters. The molecule has 0 spiro atoms. The fourth-order valence-electron chi connectivity index (χ4n) is 1.00. The molecule has 0 aromatic heterocycles. The first-order valence-corrected chi connectivity index (χ1v) is 3.95. The van der Waals surface area contributed by atoms with Crippen molar-refractivity contribution in [3.05, 3.63) is 12.2 Å². The normalized spacial score (nSPS) is 25.8. The van der Waals surface area contributed by atoms with Gasteiger partial charge in [-0.2, -0.15) is 5.06 Å². The van der Waals surface area contributed by atoms with Gasteiger partial charge in [-0.05, 0) is 6.42 Å². The molecule has 3 nitrogen and oxygen atoms in total. The molecule has 1 atom stereocenters. The highest BCUT2D eigenvalue weighted by Crippen LogP contribution is 2.08. The molecule has 1 aliphatic rings. The van der Waals surface area contributed by atoms with E-state index in [9.17, 15) is 0 Å². The Morgan fingerprint density at radius 1 is 1.82 bits per heavy atom. The molecule has 1 saturated heterocycles. The highest BCUT2D eigenvalue weighted by Gasteiger charge is 2.20. The molecular formula is C8H15NO2. The van der Waals surface area contributed by atoms with Crippen molar-refractivity contribution in [1.29, 1.82) is 0 Å². The Balaban J connectivity index is 2.23. The van der Waals surface area contributed by atoms with Crippen LogP contribution in [0.2, 0.25) is 0 Å². The Labute approximate surface area is 67.2 Å². The van der Waals surface area contributed by atoms with Crippen LogP contribution in [-0.4, -0.2) is 36.0 Å². The molecule has 0 radical (unpaired) electrons. The van der Waals surface area contributed by atoms with Gasteiger partial charge in [-0.1, -0.05) is 19.1 Å². The lowest BCUT2D eigenvalue weighted by molar-refractivity contribution is -0.103. The van der Waals surface area contributed by atoms with Crippen molar-refractivity contribution in [2.75, 3.05) is 19.7 Å². The van der Waals surface area contributed by atoms with Crippen LogP contribution in [0, 0.1) is 0 Å². The highest BCUT2D eigenvalue weighted by atomic mass is 16.7. The van der Waals surface area contributed by atoms with Gasteiger partial charge < -0.3 is 5.11 Å². The summed E-state index contributed by atoms with van der Waals surface area (Å²) in [6.07, 6.45) is 0.648. The van der Waals surface area contributed by atoms with Gasteiger partial charge in [-0.15, -0.1) is 0 Å². The van der Waals surface area contributed by atoms with Gasteiger partial charge in [0.15, 0.2) is 0 Å². The van der Waals surface area contributed by atoms with Crippen molar-refractivity contribution in [3.8, 4) is 0 Å². The summed E-state index contributed by atoms with van der Waals surface area (Å²) in [5, 5.41) is 10.8. The van der Waals surface area contributed by atoms with Crippen LogP contribution in [0.4, 0.5) is 0 Å². The van der Waals surface area contributed by atoms with Gasteiger partial charge in [0.05, 0.1) is 19.3 Å². The van der Waals surface area contributed by atoms with Crippen molar-refractivity contribution in [3.63, 3.8) is 0 Å². The third-order valence-electron chi connectivity index (χ3n) is 1.76. The monoisotopic (exact) mass is 157 g/mol. The summed E-state index contributed by atoms with van der Waals surface area (Å²) in [4.78, 5) is 5.16. The average molecular weight is 157 g/mol. The fraction of sp³-hybridized carbons (Fsp3) is 0.750. The second-order valence-electron chi connectivity index (χ2n) is 2.88. The molecule has 11 heavy (non-hydrogen) atoms. The minimum absolute atomic E-state index is 0.320. The van der Waals surface area contributed by atoms with Gasteiger partial charge in [0.1, 0.15) is 0 Å². The van der Waals surface area contributed by atoms with E-state index < -0.39 is 0 Å². The Bertz CT molecular complexity index is 147. The van der Waals surface area contributed by atoms with Crippen LogP contribution in [-0.2, 0) is 4.84 Å². The summed E-state index contributed by atoms with van der Waals surface area (Å²) in [6, 6.07) is 0. The predicted molar refractivity (Wildman–Crippen MR) is 43.0 cm³/mol. The zero-order chi connectivity index (χ0) is 8.27. The van der Waals surface area contributed by atoms with Crippen LogP contribution in [0.1, 0.15) is 13.3 Å². The van der Waals surface area contributed by atoms with E-state index in [1.165, 1.54) is 0 Å². The third kappa shape index (κ3) is 2.61. The number of rotatable bonds is 3. The summed E-state index contributed by atoms with van der Waals surface area (Å²) in [5.74, 6) is 0. The summed E-state index contributed by atoms with van der Waals surface area (Å²) in [7, 11) is 0. The maximum atomic E-state index is 9.09. The molecule has 0 bridgehead atoms. The van der Waals surface area contributed by atoms with E-state index in [1.807, 2.05) is 0 Å². The largest absolute Gasteiger partial charge is 0.389 e. The first-order valence-electron chi connectivity index (χ1n) is 3.95. The van der Waals surface area contributed by atoms with Crippen molar-refractivity contribution in [1.82, 2.24) is 5.06 Å². The van der Waals surface area contributed by atoms with E-state index in [0.29, 0.717) is 13.2 Å². The molecular weight excluding hydrogens is 142 g/mol. The predicted octanol–water partition coefficient (Wildman–Crippen LogP) is 0.561. The van der Waals surface area contributed by atoms with Crippen LogP contribution >= 0.6 is 0 Å². The summed E-state index contributed by atoms with van der Waals surface area (Å²) >= 11 is 0. The van der Waals surface area contributed by atoms with Crippen molar-refractivity contribution in [2.24, 2.45) is 0 Å². The van der Waals surface area contributed by atoms with E-state index in [-0.39, 0.29) is 6.10 Å². The van der Waals surface area contributed by atoms with E-state index in [1.54, 1.807) is 5.06 Å². The maximum absolute atomic E-state index is 9.09. The van der Waals surface area contributed by atoms with E-state index in [2.05, 4.69) is 13.5 Å². The van der Waals surface area contributed by atoms with Crippen LogP contribution in [0.15, 0.2) is 12.2 Å². The van der Waals surface area contributed by atoms with Crippen molar-refractivity contribution < 1.29 is 9.94 Å². The Morgan fingerprint density at radius 2 is 2.55 bits per heavy atom. The molecule has 0 aromatic rings. The number of hydrogen-bond donors (Lipinski definition) is 1. The van der Waals surface area contributed by atoms with Gasteiger partial charge in [0.2, 0.25) is 0 Å². The standard InChI is InChI=1S/C8H15NO2/c1-3-7(2)4-9-5-8(10)6-11-9/h8,10H,2-6H2,1H3. The zero-order valence-electron chi connectivity index (χ0n) is 6.92. The van der Waals surface area contributed by atoms with Crippen LogP contribution in [0.25, 0.3) is 0 Å². The quantitative estimate of drug-likeness (QED) is 0.608. The average Bonchev–Trinajstić information content (AvgIpc) is 2.35. The van der Waals surface area contributed by atoms with Crippen LogP contribution in [0.3, 0.4) is 0 Å². The molecule has 64 valence electrons. The number of aliphatic hydroxyl groups is 1. The van der Waals surface area contributed by atoms with E-state index in [4.69, 9.17) is 9.94 Å². The lowest BCUT2D eigenvalue weighted by atomic mass is 10.2. The molecule has 0 saturated carbocycles. The van der Waals surface area contributed by atoms with E-state index in [0.717, 1.165) is 18.5 Å². The molecule has 1 fully saturated rings. The SMILES string of the molecule is C=C(CC)CN1CC(O)CO1. The summed E-state index contributed by atoms with van der Waals surface area (Å²) in [6.45, 7) is 7.70. The minimum Gasteiger partial charge on any atom is -0.389 e. The van der Waals surface area contributed by atoms with Gasteiger partial charge in [-0.3, -0.25) is 4.84 Å². The summed E-state index contributed by atoms with van der Waals surface area (Å²) < 4.78 is 0. The van der Waals surface area contributed by atoms with Gasteiger partial charge in [-0.25, -0.2) is 0 Å². The maximum Gasteiger partial charge on any atom is 0.0958 e. The molecule has 0 aliphatic carbocycles. The van der Waals surface area contributed by atoms with Crippen molar-refractivity contribution in [2.45, 2.75) is 19.4 Å². The molecule has 0 amide bonds. The Kier molecular flexibility index (Phi) is 3.05. The zero-order valence-corrected chi connectivity index (χ0v) is 6.92. The molecule has 0 aromatic carbocycles. The molecule has 1 aliphatic heterocycles. The smallest absolute Gasteiger partial charge is 0.0958 e. The van der Waals surface area contributed by atoms with Crippen molar-refractivity contribution >= 4 is 0 Å². The molecule has 1 rings (SSSR count). The van der Waals surface area contributed by atoms with E-state index >= 15 is 0 Å². The van der Waals surface area contributed by atoms with Gasteiger partial charge in [0.25, 0.3) is 0 Å². The first-order chi connectivity index (χ1) is 5.22. The lowest BCUT2D eigenvalue weighted by Gasteiger charge is -2.13. The molecule has 3 heteroatoms. The second kappa shape index (κ2) is 3.85. The number of nitrogens with zero attached hydrogens (tertiary/aromatic N) is 1. The number of hydroxylamine groups is 2.